The summed E-state index contributed by atoms with van der Waals surface area (Å²) in [5.74, 6) is 4.28. The van der Waals surface area contributed by atoms with E-state index in [0.29, 0.717) is 17.7 Å². The van der Waals surface area contributed by atoms with E-state index in [1.54, 1.807) is 13.3 Å². The van der Waals surface area contributed by atoms with Crippen LogP contribution < -0.4 is 24.8 Å². The van der Waals surface area contributed by atoms with Crippen LogP contribution in [0.4, 0.5) is 5.95 Å². The Kier molecular flexibility index (Phi) is 4.95. The van der Waals surface area contributed by atoms with Crippen LogP contribution >= 0.6 is 0 Å². The van der Waals surface area contributed by atoms with Gasteiger partial charge in [-0.25, -0.2) is 9.97 Å². The van der Waals surface area contributed by atoms with E-state index >= 15 is 0 Å². The second-order valence-corrected chi connectivity index (χ2v) is 8.12. The van der Waals surface area contributed by atoms with Gasteiger partial charge < -0.3 is 24.8 Å². The molecule has 6 rings (SSSR count). The summed E-state index contributed by atoms with van der Waals surface area (Å²) in [6.07, 6.45) is 4.01. The van der Waals surface area contributed by atoms with Crippen molar-refractivity contribution in [3.8, 4) is 34.5 Å². The van der Waals surface area contributed by atoms with E-state index in [1.165, 1.54) is 0 Å². The standard InChI is InChI=1S/C24H24N6O3/c1-31-17-5-6-19-18(12-17)28-23(15-4-7-20-21(11-15)33-14-32-20)30(19)22-8-10-26-24(29-22)27-16-3-2-9-25-13-16/h4-8,10-12,16,25H,2-3,9,13-14H2,1H3,(H,26,27,29)/t16-/m0/s1. The number of rotatable bonds is 5. The first-order valence-corrected chi connectivity index (χ1v) is 11.1. The Bertz CT molecular complexity index is 1320. The molecule has 2 aromatic heterocycles. The fourth-order valence-electron chi connectivity index (χ4n) is 4.35. The summed E-state index contributed by atoms with van der Waals surface area (Å²) < 4.78 is 18.5. The van der Waals surface area contributed by atoms with Crippen LogP contribution in [0.3, 0.4) is 0 Å². The van der Waals surface area contributed by atoms with Crippen molar-refractivity contribution in [3.05, 3.63) is 48.7 Å². The van der Waals surface area contributed by atoms with Crippen LogP contribution in [0.15, 0.2) is 48.7 Å². The zero-order valence-electron chi connectivity index (χ0n) is 18.2. The van der Waals surface area contributed by atoms with Gasteiger partial charge in [0.15, 0.2) is 11.5 Å². The molecule has 0 radical (unpaired) electrons. The van der Waals surface area contributed by atoms with E-state index in [2.05, 4.69) is 15.6 Å². The fraction of sp³-hybridized carbons (Fsp3) is 0.292. The maximum absolute atomic E-state index is 5.60. The van der Waals surface area contributed by atoms with Crippen molar-refractivity contribution in [2.24, 2.45) is 0 Å². The molecule has 4 aromatic rings. The lowest BCUT2D eigenvalue weighted by molar-refractivity contribution is 0.174. The minimum atomic E-state index is 0.226. The summed E-state index contributed by atoms with van der Waals surface area (Å²) in [6, 6.07) is 13.9. The quantitative estimate of drug-likeness (QED) is 0.484. The topological polar surface area (TPSA) is 95.3 Å². The minimum absolute atomic E-state index is 0.226. The molecule has 2 aliphatic heterocycles. The third-order valence-electron chi connectivity index (χ3n) is 5.99. The Balaban J connectivity index is 1.47. The Morgan fingerprint density at radius 3 is 2.91 bits per heavy atom. The van der Waals surface area contributed by atoms with Crippen LogP contribution in [0, 0.1) is 0 Å². The zero-order chi connectivity index (χ0) is 22.2. The number of imidazole rings is 1. The minimum Gasteiger partial charge on any atom is -0.497 e. The predicted molar refractivity (Wildman–Crippen MR) is 124 cm³/mol. The summed E-state index contributed by atoms with van der Waals surface area (Å²) >= 11 is 0. The molecule has 0 amide bonds. The number of piperidine rings is 1. The van der Waals surface area contributed by atoms with Gasteiger partial charge in [-0.2, -0.15) is 4.98 Å². The Morgan fingerprint density at radius 2 is 2.03 bits per heavy atom. The Labute approximate surface area is 190 Å². The number of benzene rings is 2. The van der Waals surface area contributed by atoms with Crippen LogP contribution in [0.1, 0.15) is 12.8 Å². The summed E-state index contributed by atoms with van der Waals surface area (Å²) in [4.78, 5) is 14.2. The first kappa shape index (κ1) is 19.8. The number of hydrogen-bond acceptors (Lipinski definition) is 8. The van der Waals surface area contributed by atoms with Gasteiger partial charge in [-0.3, -0.25) is 4.57 Å². The summed E-state index contributed by atoms with van der Waals surface area (Å²) in [7, 11) is 1.65. The van der Waals surface area contributed by atoms with E-state index < -0.39 is 0 Å². The number of anilines is 1. The highest BCUT2D eigenvalue weighted by molar-refractivity contribution is 5.84. The van der Waals surface area contributed by atoms with E-state index in [1.807, 2.05) is 47.0 Å². The number of nitrogens with one attached hydrogen (secondary N) is 2. The number of nitrogens with zero attached hydrogens (tertiary/aromatic N) is 4. The van der Waals surface area contributed by atoms with Crippen LogP contribution in [0.25, 0.3) is 28.2 Å². The summed E-state index contributed by atoms with van der Waals surface area (Å²) in [5, 5.41) is 6.88. The van der Waals surface area contributed by atoms with Crippen molar-refractivity contribution in [2.75, 3.05) is 32.3 Å². The third-order valence-corrected chi connectivity index (χ3v) is 5.99. The van der Waals surface area contributed by atoms with Gasteiger partial charge in [-0.1, -0.05) is 0 Å². The van der Waals surface area contributed by atoms with Crippen molar-refractivity contribution >= 4 is 17.0 Å². The lowest BCUT2D eigenvalue weighted by Gasteiger charge is -2.23. The molecule has 1 atom stereocenters. The molecule has 9 heteroatoms. The van der Waals surface area contributed by atoms with Gasteiger partial charge in [0.1, 0.15) is 17.4 Å². The highest BCUT2D eigenvalue weighted by Crippen LogP contribution is 2.37. The number of fused-ring (bicyclic) bond motifs is 2. The molecule has 0 aliphatic carbocycles. The molecule has 33 heavy (non-hydrogen) atoms. The van der Waals surface area contributed by atoms with Gasteiger partial charge in [0.05, 0.1) is 18.1 Å². The zero-order valence-corrected chi connectivity index (χ0v) is 18.2. The molecular formula is C24H24N6O3. The maximum Gasteiger partial charge on any atom is 0.231 e. The summed E-state index contributed by atoms with van der Waals surface area (Å²) in [6.45, 7) is 2.19. The largest absolute Gasteiger partial charge is 0.497 e. The number of hydrogen-bond donors (Lipinski definition) is 2. The SMILES string of the molecule is COc1ccc2c(c1)nc(-c1ccc3c(c1)OCO3)n2-c1ccnc(N[C@H]2CCCNC2)n1. The molecule has 168 valence electrons. The van der Waals surface area contributed by atoms with Crippen molar-refractivity contribution in [1.82, 2.24) is 24.8 Å². The lowest BCUT2D eigenvalue weighted by atomic mass is 10.1. The van der Waals surface area contributed by atoms with Gasteiger partial charge in [0.2, 0.25) is 12.7 Å². The first-order valence-electron chi connectivity index (χ1n) is 11.1. The molecule has 2 aliphatic rings. The highest BCUT2D eigenvalue weighted by Gasteiger charge is 2.21. The average Bonchev–Trinajstić information content (AvgIpc) is 3.48. The van der Waals surface area contributed by atoms with Gasteiger partial charge in [0.25, 0.3) is 0 Å². The average molecular weight is 444 g/mol. The highest BCUT2D eigenvalue weighted by atomic mass is 16.7. The molecule has 9 nitrogen and oxygen atoms in total. The molecule has 4 heterocycles. The number of ether oxygens (including phenoxy) is 3. The van der Waals surface area contributed by atoms with Crippen LogP contribution in [0.5, 0.6) is 17.2 Å². The third kappa shape index (κ3) is 3.70. The molecule has 2 N–H and O–H groups in total. The molecule has 0 spiro atoms. The first-order chi connectivity index (χ1) is 16.3. The van der Waals surface area contributed by atoms with E-state index in [4.69, 9.17) is 24.2 Å². The molecular weight excluding hydrogens is 420 g/mol. The fourth-order valence-corrected chi connectivity index (χ4v) is 4.35. The van der Waals surface area contributed by atoms with Crippen LogP contribution in [-0.2, 0) is 0 Å². The van der Waals surface area contributed by atoms with E-state index in [9.17, 15) is 0 Å². The molecule has 0 unspecified atom stereocenters. The molecule has 0 bridgehead atoms. The number of methoxy groups -OCH3 is 1. The second-order valence-electron chi connectivity index (χ2n) is 8.12. The Hall–Kier alpha value is -3.85. The molecule has 2 aromatic carbocycles. The lowest BCUT2D eigenvalue weighted by Crippen LogP contribution is -2.38. The van der Waals surface area contributed by atoms with Gasteiger partial charge in [0, 0.05) is 30.4 Å². The van der Waals surface area contributed by atoms with Gasteiger partial charge >= 0.3 is 0 Å². The molecule has 0 saturated carbocycles. The normalized spacial score (nSPS) is 17.3. The van der Waals surface area contributed by atoms with E-state index in [-0.39, 0.29) is 6.79 Å². The molecule has 1 saturated heterocycles. The van der Waals surface area contributed by atoms with Crippen LogP contribution in [-0.4, -0.2) is 52.6 Å². The van der Waals surface area contributed by atoms with Crippen molar-refractivity contribution in [1.29, 1.82) is 0 Å². The predicted octanol–water partition coefficient (Wildman–Crippen LogP) is 3.38. The molecule has 1 fully saturated rings. The van der Waals surface area contributed by atoms with E-state index in [0.717, 1.165) is 65.7 Å². The Morgan fingerprint density at radius 1 is 1.09 bits per heavy atom. The van der Waals surface area contributed by atoms with Gasteiger partial charge in [-0.05, 0) is 55.8 Å². The van der Waals surface area contributed by atoms with Crippen molar-refractivity contribution < 1.29 is 14.2 Å². The summed E-state index contributed by atoms with van der Waals surface area (Å²) in [5.41, 5.74) is 2.64. The monoisotopic (exact) mass is 444 g/mol. The maximum atomic E-state index is 5.60. The second kappa shape index (κ2) is 8.25. The smallest absolute Gasteiger partial charge is 0.231 e. The van der Waals surface area contributed by atoms with Gasteiger partial charge in [-0.15, -0.1) is 0 Å². The van der Waals surface area contributed by atoms with Crippen molar-refractivity contribution in [2.45, 2.75) is 18.9 Å². The van der Waals surface area contributed by atoms with Crippen LogP contribution in [0.2, 0.25) is 0 Å². The number of aromatic nitrogens is 4. The van der Waals surface area contributed by atoms with Crippen molar-refractivity contribution in [3.63, 3.8) is 0 Å².